The number of amides is 2. The van der Waals surface area contributed by atoms with Crippen molar-refractivity contribution in [2.24, 2.45) is 5.92 Å². The summed E-state index contributed by atoms with van der Waals surface area (Å²) < 4.78 is 5.85. The van der Waals surface area contributed by atoms with E-state index < -0.39 is 0 Å². The quantitative estimate of drug-likeness (QED) is 0.675. The first-order chi connectivity index (χ1) is 11.2. The van der Waals surface area contributed by atoms with Crippen LogP contribution in [0.3, 0.4) is 0 Å². The molecule has 2 heterocycles. The first-order valence-corrected chi connectivity index (χ1v) is 8.09. The molecule has 0 radical (unpaired) electrons. The standard InChI is InChI=1S/C17H20N2O4/c20-10-12-3-1-2-4-14(12)23-16-8-5-11(9-18-16)13-6-7-15(21)19-17(13)22/h5,8-10,12-14H,1-4,6-7H2,(H,19,21,22)/t12-,13+,14+/m0/s1. The summed E-state index contributed by atoms with van der Waals surface area (Å²) in [6, 6.07) is 3.54. The van der Waals surface area contributed by atoms with E-state index in [0.29, 0.717) is 18.7 Å². The van der Waals surface area contributed by atoms with Gasteiger partial charge in [-0.05, 0) is 31.2 Å². The van der Waals surface area contributed by atoms with E-state index in [1.807, 2.05) is 0 Å². The van der Waals surface area contributed by atoms with Crippen LogP contribution in [0.4, 0.5) is 0 Å². The van der Waals surface area contributed by atoms with Crippen LogP contribution in [0.5, 0.6) is 5.88 Å². The maximum atomic E-state index is 11.9. The Morgan fingerprint density at radius 1 is 1.17 bits per heavy atom. The van der Waals surface area contributed by atoms with E-state index >= 15 is 0 Å². The van der Waals surface area contributed by atoms with Crippen LogP contribution in [-0.4, -0.2) is 29.2 Å². The lowest BCUT2D eigenvalue weighted by Crippen LogP contribution is -2.39. The Kier molecular flexibility index (Phi) is 4.69. The van der Waals surface area contributed by atoms with E-state index in [2.05, 4.69) is 10.3 Å². The smallest absolute Gasteiger partial charge is 0.234 e. The van der Waals surface area contributed by atoms with Gasteiger partial charge in [-0.3, -0.25) is 14.9 Å². The number of nitrogens with one attached hydrogen (secondary N) is 1. The van der Waals surface area contributed by atoms with Crippen LogP contribution in [-0.2, 0) is 14.4 Å². The van der Waals surface area contributed by atoms with Gasteiger partial charge in [0.25, 0.3) is 0 Å². The average Bonchev–Trinajstić information content (AvgIpc) is 2.56. The average molecular weight is 316 g/mol. The van der Waals surface area contributed by atoms with Gasteiger partial charge < -0.3 is 9.53 Å². The van der Waals surface area contributed by atoms with E-state index in [9.17, 15) is 14.4 Å². The van der Waals surface area contributed by atoms with Crippen molar-refractivity contribution in [3.05, 3.63) is 23.9 Å². The minimum absolute atomic E-state index is 0.0691. The van der Waals surface area contributed by atoms with Gasteiger partial charge in [0.15, 0.2) is 0 Å². The molecule has 0 bridgehead atoms. The largest absolute Gasteiger partial charge is 0.474 e. The lowest BCUT2D eigenvalue weighted by Gasteiger charge is -2.28. The summed E-state index contributed by atoms with van der Waals surface area (Å²) in [6.45, 7) is 0. The zero-order valence-corrected chi connectivity index (χ0v) is 12.9. The highest BCUT2D eigenvalue weighted by molar-refractivity contribution is 6.00. The Morgan fingerprint density at radius 2 is 2.00 bits per heavy atom. The van der Waals surface area contributed by atoms with Crippen molar-refractivity contribution >= 4 is 18.1 Å². The molecule has 1 aliphatic carbocycles. The van der Waals surface area contributed by atoms with Gasteiger partial charge >= 0.3 is 0 Å². The molecular formula is C17H20N2O4. The summed E-state index contributed by atoms with van der Waals surface area (Å²) in [5.41, 5.74) is 0.776. The van der Waals surface area contributed by atoms with E-state index in [1.165, 1.54) is 0 Å². The number of ether oxygens (including phenoxy) is 1. The Labute approximate surface area is 134 Å². The molecule has 2 aliphatic rings. The SMILES string of the molecule is O=C[C@@H]1CCCC[C@H]1Oc1ccc([C@H]2CCC(=O)NC2=O)cn1. The molecule has 1 aliphatic heterocycles. The van der Waals surface area contributed by atoms with Crippen molar-refractivity contribution in [2.75, 3.05) is 0 Å². The van der Waals surface area contributed by atoms with Crippen molar-refractivity contribution in [1.82, 2.24) is 10.3 Å². The van der Waals surface area contributed by atoms with Gasteiger partial charge in [-0.25, -0.2) is 4.98 Å². The first-order valence-electron chi connectivity index (χ1n) is 8.09. The molecular weight excluding hydrogens is 296 g/mol. The van der Waals surface area contributed by atoms with Gasteiger partial charge in [0.1, 0.15) is 12.4 Å². The molecule has 23 heavy (non-hydrogen) atoms. The Bertz CT molecular complexity index is 599. The van der Waals surface area contributed by atoms with Gasteiger partial charge in [0.05, 0.1) is 11.8 Å². The van der Waals surface area contributed by atoms with E-state index in [1.54, 1.807) is 18.3 Å². The topological polar surface area (TPSA) is 85.4 Å². The summed E-state index contributed by atoms with van der Waals surface area (Å²) in [4.78, 5) is 38.4. The molecule has 6 nitrogen and oxygen atoms in total. The van der Waals surface area contributed by atoms with Gasteiger partial charge in [0.2, 0.25) is 17.7 Å². The summed E-state index contributed by atoms with van der Waals surface area (Å²) in [5.74, 6) is -0.437. The first kappa shape index (κ1) is 15.6. The second-order valence-electron chi connectivity index (χ2n) is 6.17. The third-order valence-corrected chi connectivity index (χ3v) is 4.60. The molecule has 3 rings (SSSR count). The zero-order chi connectivity index (χ0) is 16.2. The molecule has 1 aromatic rings. The summed E-state index contributed by atoms with van der Waals surface area (Å²) in [5, 5.41) is 2.35. The lowest BCUT2D eigenvalue weighted by molar-refractivity contribution is -0.134. The minimum Gasteiger partial charge on any atom is -0.474 e. The van der Waals surface area contributed by atoms with E-state index in [4.69, 9.17) is 4.74 Å². The van der Waals surface area contributed by atoms with Gasteiger partial charge in [-0.2, -0.15) is 0 Å². The lowest BCUT2D eigenvalue weighted by atomic mass is 9.87. The van der Waals surface area contributed by atoms with Crippen molar-refractivity contribution in [2.45, 2.75) is 50.5 Å². The fourth-order valence-electron chi connectivity index (χ4n) is 3.26. The molecule has 0 aromatic carbocycles. The Morgan fingerprint density at radius 3 is 2.70 bits per heavy atom. The number of aldehydes is 1. The molecule has 2 amide bonds. The maximum Gasteiger partial charge on any atom is 0.234 e. The molecule has 6 heteroatoms. The normalized spacial score (nSPS) is 28.1. The number of piperidine rings is 1. The van der Waals surface area contributed by atoms with Crippen LogP contribution in [0.25, 0.3) is 0 Å². The van der Waals surface area contributed by atoms with Crippen LogP contribution in [0.2, 0.25) is 0 Å². The van der Waals surface area contributed by atoms with Gasteiger partial charge in [0, 0.05) is 18.7 Å². The highest BCUT2D eigenvalue weighted by Gasteiger charge is 2.29. The van der Waals surface area contributed by atoms with Crippen molar-refractivity contribution in [1.29, 1.82) is 0 Å². The molecule has 2 fully saturated rings. The predicted molar refractivity (Wildman–Crippen MR) is 81.8 cm³/mol. The van der Waals surface area contributed by atoms with E-state index in [0.717, 1.165) is 37.5 Å². The molecule has 0 unspecified atom stereocenters. The molecule has 0 spiro atoms. The molecule has 122 valence electrons. The van der Waals surface area contributed by atoms with Crippen LogP contribution < -0.4 is 10.1 Å². The molecule has 1 saturated heterocycles. The number of rotatable bonds is 4. The number of hydrogen-bond donors (Lipinski definition) is 1. The van der Waals surface area contributed by atoms with Crippen LogP contribution in [0, 0.1) is 5.92 Å². The minimum atomic E-state index is -0.341. The van der Waals surface area contributed by atoms with Crippen molar-refractivity contribution in [3.8, 4) is 5.88 Å². The second-order valence-corrected chi connectivity index (χ2v) is 6.17. The van der Waals surface area contributed by atoms with Gasteiger partial charge in [-0.15, -0.1) is 0 Å². The van der Waals surface area contributed by atoms with Crippen LogP contribution in [0.15, 0.2) is 18.3 Å². The number of hydrogen-bond acceptors (Lipinski definition) is 5. The number of aromatic nitrogens is 1. The van der Waals surface area contributed by atoms with E-state index in [-0.39, 0.29) is 29.8 Å². The number of carbonyl (C=O) groups is 3. The molecule has 1 aromatic heterocycles. The third-order valence-electron chi connectivity index (χ3n) is 4.60. The fraction of sp³-hybridized carbons (Fsp3) is 0.529. The van der Waals surface area contributed by atoms with Crippen LogP contribution in [0.1, 0.15) is 50.0 Å². The Balaban J connectivity index is 1.66. The fourth-order valence-corrected chi connectivity index (χ4v) is 3.26. The second kappa shape index (κ2) is 6.89. The highest BCUT2D eigenvalue weighted by atomic mass is 16.5. The number of pyridine rings is 1. The number of carbonyl (C=O) groups excluding carboxylic acids is 3. The predicted octanol–water partition coefficient (Wildman–Crippen LogP) is 1.74. The number of imide groups is 1. The summed E-state index contributed by atoms with van der Waals surface area (Å²) in [7, 11) is 0. The van der Waals surface area contributed by atoms with Gasteiger partial charge in [-0.1, -0.05) is 12.5 Å². The zero-order valence-electron chi connectivity index (χ0n) is 12.9. The third kappa shape index (κ3) is 3.57. The monoisotopic (exact) mass is 316 g/mol. The summed E-state index contributed by atoms with van der Waals surface area (Å²) in [6.07, 6.45) is 7.17. The molecule has 1 saturated carbocycles. The van der Waals surface area contributed by atoms with Crippen molar-refractivity contribution in [3.63, 3.8) is 0 Å². The number of nitrogens with zero attached hydrogens (tertiary/aromatic N) is 1. The van der Waals surface area contributed by atoms with Crippen molar-refractivity contribution < 1.29 is 19.1 Å². The highest BCUT2D eigenvalue weighted by Crippen LogP contribution is 2.28. The molecule has 3 atom stereocenters. The van der Waals surface area contributed by atoms with Crippen LogP contribution >= 0.6 is 0 Å². The summed E-state index contributed by atoms with van der Waals surface area (Å²) >= 11 is 0. The Hall–Kier alpha value is -2.24. The molecule has 1 N–H and O–H groups in total. The maximum absolute atomic E-state index is 11.9.